The van der Waals surface area contributed by atoms with Crippen LogP contribution in [-0.2, 0) is 4.79 Å². The van der Waals surface area contributed by atoms with Gasteiger partial charge in [-0.25, -0.2) is 4.39 Å². The van der Waals surface area contributed by atoms with E-state index in [4.69, 9.17) is 0 Å². The average molecular weight is 362 g/mol. The van der Waals surface area contributed by atoms with Crippen LogP contribution in [0.4, 0.5) is 10.1 Å². The highest BCUT2D eigenvalue weighted by Crippen LogP contribution is 2.22. The zero-order valence-corrected chi connectivity index (χ0v) is 15.5. The minimum atomic E-state index is -0.429. The van der Waals surface area contributed by atoms with E-state index in [-0.39, 0.29) is 24.2 Å². The number of aryl methyl sites for hydroxylation is 2. The molecule has 0 radical (unpaired) electrons. The number of benzene rings is 3. The Balaban J connectivity index is 1.72. The third-order valence-corrected chi connectivity index (χ3v) is 4.41. The molecule has 4 heteroatoms. The van der Waals surface area contributed by atoms with Crippen LogP contribution in [0.2, 0.25) is 0 Å². The summed E-state index contributed by atoms with van der Waals surface area (Å²) in [6, 6.07) is 22.8. The molecule has 138 valence electrons. The van der Waals surface area contributed by atoms with Gasteiger partial charge < -0.3 is 5.32 Å². The fraction of sp³-hybridized carbons (Fsp3) is 0.174. The van der Waals surface area contributed by atoms with Gasteiger partial charge in [0.2, 0.25) is 5.91 Å². The summed E-state index contributed by atoms with van der Waals surface area (Å²) in [5.74, 6) is -0.715. The fourth-order valence-electron chi connectivity index (χ4n) is 2.94. The van der Waals surface area contributed by atoms with E-state index < -0.39 is 5.82 Å². The van der Waals surface area contributed by atoms with E-state index in [0.717, 1.165) is 16.7 Å². The quantitative estimate of drug-likeness (QED) is 0.664. The van der Waals surface area contributed by atoms with Crippen LogP contribution >= 0.6 is 0 Å². The lowest BCUT2D eigenvalue weighted by atomic mass is 9.98. The molecule has 0 aliphatic rings. The Labute approximate surface area is 159 Å². The van der Waals surface area contributed by atoms with E-state index in [1.54, 1.807) is 12.1 Å². The van der Waals surface area contributed by atoms with Crippen molar-refractivity contribution in [3.05, 3.63) is 101 Å². The van der Waals surface area contributed by atoms with Crippen LogP contribution in [0.15, 0.2) is 72.8 Å². The highest BCUT2D eigenvalue weighted by molar-refractivity contribution is 5.92. The van der Waals surface area contributed by atoms with Crippen molar-refractivity contribution in [3.63, 3.8) is 0 Å². The maximum Gasteiger partial charge on any atom is 0.238 e. The third-order valence-electron chi connectivity index (χ3n) is 4.41. The Morgan fingerprint density at radius 3 is 2.19 bits per heavy atom. The van der Waals surface area contributed by atoms with E-state index in [1.165, 1.54) is 11.6 Å². The molecule has 1 amide bonds. The van der Waals surface area contributed by atoms with Crippen molar-refractivity contribution in [1.82, 2.24) is 5.32 Å². The Kier molecular flexibility index (Phi) is 5.99. The van der Waals surface area contributed by atoms with Gasteiger partial charge in [0, 0.05) is 0 Å². The lowest BCUT2D eigenvalue weighted by molar-refractivity contribution is -0.115. The van der Waals surface area contributed by atoms with Gasteiger partial charge in [-0.1, -0.05) is 66.2 Å². The van der Waals surface area contributed by atoms with Crippen LogP contribution < -0.4 is 10.6 Å². The molecule has 0 aliphatic carbocycles. The molecule has 1 atom stereocenters. The Hall–Kier alpha value is -2.98. The van der Waals surface area contributed by atoms with Gasteiger partial charge in [-0.15, -0.1) is 0 Å². The monoisotopic (exact) mass is 362 g/mol. The first-order chi connectivity index (χ1) is 13.0. The van der Waals surface area contributed by atoms with Crippen molar-refractivity contribution < 1.29 is 9.18 Å². The molecule has 0 fully saturated rings. The second kappa shape index (κ2) is 8.60. The van der Waals surface area contributed by atoms with Crippen LogP contribution in [-0.4, -0.2) is 12.5 Å². The molecule has 0 heterocycles. The topological polar surface area (TPSA) is 41.1 Å². The molecule has 0 unspecified atom stereocenters. The fourth-order valence-corrected chi connectivity index (χ4v) is 2.94. The third kappa shape index (κ3) is 5.02. The van der Waals surface area contributed by atoms with Crippen LogP contribution in [0.3, 0.4) is 0 Å². The number of carbonyl (C=O) groups is 1. The van der Waals surface area contributed by atoms with Crippen molar-refractivity contribution in [2.24, 2.45) is 0 Å². The molecule has 0 bridgehead atoms. The summed E-state index contributed by atoms with van der Waals surface area (Å²) in [5.41, 5.74) is 4.32. The lowest BCUT2D eigenvalue weighted by Crippen LogP contribution is -2.32. The van der Waals surface area contributed by atoms with Gasteiger partial charge in [0.25, 0.3) is 0 Å². The zero-order valence-electron chi connectivity index (χ0n) is 15.5. The molecule has 27 heavy (non-hydrogen) atoms. The second-order valence-corrected chi connectivity index (χ2v) is 6.67. The molecule has 3 aromatic rings. The number of hydrogen-bond acceptors (Lipinski definition) is 2. The standard InChI is InChI=1S/C23H23FN2O/c1-16-8-11-19(12-9-16)23(18-6-4-3-5-7-18)25-15-22(27)26-21-13-10-17(2)14-20(21)24/h3-14,23,25H,15H2,1-2H3,(H,26,27)/t23-/m1/s1. The van der Waals surface area contributed by atoms with Crippen molar-refractivity contribution in [2.45, 2.75) is 19.9 Å². The van der Waals surface area contributed by atoms with E-state index in [1.807, 2.05) is 44.2 Å². The Morgan fingerprint density at radius 2 is 1.52 bits per heavy atom. The van der Waals surface area contributed by atoms with Gasteiger partial charge >= 0.3 is 0 Å². The minimum absolute atomic E-state index is 0.0702. The SMILES string of the molecule is Cc1ccc([C@H](NCC(=O)Nc2ccc(C)cc2F)c2ccccc2)cc1. The minimum Gasteiger partial charge on any atom is -0.322 e. The highest BCUT2D eigenvalue weighted by Gasteiger charge is 2.15. The summed E-state index contributed by atoms with van der Waals surface area (Å²) in [7, 11) is 0. The summed E-state index contributed by atoms with van der Waals surface area (Å²) in [4.78, 5) is 12.3. The van der Waals surface area contributed by atoms with Gasteiger partial charge in [-0.2, -0.15) is 0 Å². The number of rotatable bonds is 6. The summed E-state index contributed by atoms with van der Waals surface area (Å²) in [6.07, 6.45) is 0. The van der Waals surface area contributed by atoms with Crippen LogP contribution in [0.25, 0.3) is 0 Å². The number of carbonyl (C=O) groups excluding carboxylic acids is 1. The van der Waals surface area contributed by atoms with Gasteiger partial charge in [0.15, 0.2) is 0 Å². The van der Waals surface area contributed by atoms with E-state index in [9.17, 15) is 9.18 Å². The molecular weight excluding hydrogens is 339 g/mol. The maximum absolute atomic E-state index is 13.9. The van der Waals surface area contributed by atoms with Gasteiger partial charge in [0.1, 0.15) is 5.82 Å². The zero-order chi connectivity index (χ0) is 19.2. The molecule has 2 N–H and O–H groups in total. The Bertz CT molecular complexity index is 907. The first kappa shape index (κ1) is 18.8. The molecule has 3 aromatic carbocycles. The van der Waals surface area contributed by atoms with Crippen LogP contribution in [0, 0.1) is 19.7 Å². The van der Waals surface area contributed by atoms with Gasteiger partial charge in [-0.3, -0.25) is 10.1 Å². The van der Waals surface area contributed by atoms with Crippen molar-refractivity contribution >= 4 is 11.6 Å². The molecule has 3 rings (SSSR count). The molecule has 0 spiro atoms. The first-order valence-corrected chi connectivity index (χ1v) is 8.94. The summed E-state index contributed by atoms with van der Waals surface area (Å²) in [6.45, 7) is 3.92. The van der Waals surface area contributed by atoms with Gasteiger partial charge in [0.05, 0.1) is 18.3 Å². The summed E-state index contributed by atoms with van der Waals surface area (Å²) in [5, 5.41) is 5.92. The number of anilines is 1. The van der Waals surface area contributed by atoms with Crippen molar-refractivity contribution in [1.29, 1.82) is 0 Å². The molecular formula is C23H23FN2O. The Morgan fingerprint density at radius 1 is 0.889 bits per heavy atom. The molecule has 3 nitrogen and oxygen atoms in total. The molecule has 0 aromatic heterocycles. The number of hydrogen-bond donors (Lipinski definition) is 2. The van der Waals surface area contributed by atoms with Crippen LogP contribution in [0.1, 0.15) is 28.3 Å². The lowest BCUT2D eigenvalue weighted by Gasteiger charge is -2.20. The highest BCUT2D eigenvalue weighted by atomic mass is 19.1. The summed E-state index contributed by atoms with van der Waals surface area (Å²) >= 11 is 0. The van der Waals surface area contributed by atoms with E-state index in [2.05, 4.69) is 34.9 Å². The first-order valence-electron chi connectivity index (χ1n) is 8.94. The van der Waals surface area contributed by atoms with Crippen LogP contribution in [0.5, 0.6) is 0 Å². The van der Waals surface area contributed by atoms with Crippen molar-refractivity contribution in [2.75, 3.05) is 11.9 Å². The van der Waals surface area contributed by atoms with E-state index in [0.29, 0.717) is 0 Å². The molecule has 0 aliphatic heterocycles. The second-order valence-electron chi connectivity index (χ2n) is 6.67. The number of halogens is 1. The summed E-state index contributed by atoms with van der Waals surface area (Å²) < 4.78 is 13.9. The predicted molar refractivity (Wildman–Crippen MR) is 107 cm³/mol. The number of nitrogens with one attached hydrogen (secondary N) is 2. The maximum atomic E-state index is 13.9. The molecule has 0 saturated heterocycles. The van der Waals surface area contributed by atoms with Crippen molar-refractivity contribution in [3.8, 4) is 0 Å². The largest absolute Gasteiger partial charge is 0.322 e. The average Bonchev–Trinajstić information content (AvgIpc) is 2.66. The number of amides is 1. The smallest absolute Gasteiger partial charge is 0.238 e. The predicted octanol–water partition coefficient (Wildman–Crippen LogP) is 4.76. The van der Waals surface area contributed by atoms with E-state index >= 15 is 0 Å². The van der Waals surface area contributed by atoms with Gasteiger partial charge in [-0.05, 0) is 42.7 Å². The normalized spacial score (nSPS) is 11.8. The molecule has 0 saturated carbocycles.